The van der Waals surface area contributed by atoms with Crippen molar-refractivity contribution in [2.24, 2.45) is 0 Å². The van der Waals surface area contributed by atoms with Crippen LogP contribution in [0.15, 0.2) is 27.1 Å². The van der Waals surface area contributed by atoms with Gasteiger partial charge in [0, 0.05) is 28.6 Å². The molecule has 1 rings (SSSR count). The van der Waals surface area contributed by atoms with Crippen LogP contribution in [0.2, 0.25) is 0 Å². The van der Waals surface area contributed by atoms with Crippen LogP contribution in [0.1, 0.15) is 23.7 Å². The van der Waals surface area contributed by atoms with Gasteiger partial charge >= 0.3 is 0 Å². The van der Waals surface area contributed by atoms with Gasteiger partial charge in [-0.3, -0.25) is 4.79 Å². The molecule has 0 fully saturated rings. The molecule has 0 spiro atoms. The average molecular weight is 442 g/mol. The summed E-state index contributed by atoms with van der Waals surface area (Å²) in [5.41, 5.74) is 0.542. The summed E-state index contributed by atoms with van der Waals surface area (Å²) >= 11 is 6.65. The van der Waals surface area contributed by atoms with Gasteiger partial charge in [-0.1, -0.05) is 22.9 Å². The summed E-state index contributed by atoms with van der Waals surface area (Å²) in [6, 6.07) is 5.36. The Kier molecular flexibility index (Phi) is 7.32. The van der Waals surface area contributed by atoms with Gasteiger partial charge in [0.2, 0.25) is 10.0 Å². The van der Waals surface area contributed by atoms with Crippen molar-refractivity contribution < 1.29 is 13.2 Å². The van der Waals surface area contributed by atoms with Gasteiger partial charge in [-0.15, -0.1) is 0 Å². The van der Waals surface area contributed by atoms with Crippen molar-refractivity contribution in [2.45, 2.75) is 13.3 Å². The van der Waals surface area contributed by atoms with Crippen LogP contribution in [0, 0.1) is 0 Å². The van der Waals surface area contributed by atoms with Gasteiger partial charge in [0.05, 0.1) is 11.8 Å². The quantitative estimate of drug-likeness (QED) is 0.661. The Balaban J connectivity index is 2.49. The third-order valence-corrected chi connectivity index (χ3v) is 5.43. The van der Waals surface area contributed by atoms with Crippen molar-refractivity contribution in [1.29, 1.82) is 0 Å². The first kappa shape index (κ1) is 18.6. The maximum Gasteiger partial charge on any atom is 0.252 e. The lowest BCUT2D eigenvalue weighted by Gasteiger charge is -2.17. The lowest BCUT2D eigenvalue weighted by Crippen LogP contribution is -2.33. The highest BCUT2D eigenvalue weighted by molar-refractivity contribution is 9.11. The number of nitrogens with zero attached hydrogens (tertiary/aromatic N) is 1. The molecule has 0 unspecified atom stereocenters. The van der Waals surface area contributed by atoms with Crippen LogP contribution in [0.25, 0.3) is 0 Å². The average Bonchev–Trinajstić information content (AvgIpc) is 2.39. The second kappa shape index (κ2) is 8.26. The number of sulfonamides is 1. The van der Waals surface area contributed by atoms with Gasteiger partial charge in [-0.25, -0.2) is 12.7 Å². The summed E-state index contributed by atoms with van der Waals surface area (Å²) in [4.78, 5) is 12.0. The van der Waals surface area contributed by atoms with Crippen LogP contribution >= 0.6 is 31.9 Å². The zero-order chi connectivity index (χ0) is 16.0. The van der Waals surface area contributed by atoms with E-state index in [9.17, 15) is 13.2 Å². The molecule has 1 aromatic rings. The van der Waals surface area contributed by atoms with E-state index >= 15 is 0 Å². The molecule has 1 N–H and O–H groups in total. The number of halogens is 2. The first-order chi connectivity index (χ1) is 9.75. The van der Waals surface area contributed by atoms with Gasteiger partial charge in [-0.2, -0.15) is 0 Å². The van der Waals surface area contributed by atoms with E-state index in [0.29, 0.717) is 31.6 Å². The monoisotopic (exact) mass is 440 g/mol. The molecular formula is C13H18Br2N2O3S. The van der Waals surface area contributed by atoms with Crippen molar-refractivity contribution in [1.82, 2.24) is 9.62 Å². The zero-order valence-corrected chi connectivity index (χ0v) is 15.9. The van der Waals surface area contributed by atoms with Gasteiger partial charge < -0.3 is 5.32 Å². The molecule has 0 bridgehead atoms. The number of carbonyl (C=O) groups excluding carboxylic acids is 1. The molecule has 0 aliphatic heterocycles. The number of benzene rings is 1. The topological polar surface area (TPSA) is 66.5 Å². The molecule has 1 amide bonds. The molecule has 0 radical (unpaired) electrons. The first-order valence-electron chi connectivity index (χ1n) is 6.44. The van der Waals surface area contributed by atoms with Crippen molar-refractivity contribution in [3.63, 3.8) is 0 Å². The van der Waals surface area contributed by atoms with Crippen molar-refractivity contribution >= 4 is 47.8 Å². The fourth-order valence-corrected chi connectivity index (χ4v) is 3.50. The largest absolute Gasteiger partial charge is 0.352 e. The zero-order valence-electron chi connectivity index (χ0n) is 11.9. The standard InChI is InChI=1S/C13H18Br2N2O3S/c1-3-17(21(2,19)20)8-4-7-16-13(18)11-9-10(14)5-6-12(11)15/h5-6,9H,3-4,7-8H2,1-2H3,(H,16,18). The predicted octanol–water partition coefficient (Wildman–Crippen LogP) is 2.61. The van der Waals surface area contributed by atoms with Gasteiger partial charge in [0.25, 0.3) is 5.91 Å². The second-order valence-corrected chi connectivity index (χ2v) is 8.24. The second-order valence-electron chi connectivity index (χ2n) is 4.49. The van der Waals surface area contributed by atoms with E-state index in [4.69, 9.17) is 0 Å². The molecule has 0 saturated heterocycles. The van der Waals surface area contributed by atoms with E-state index in [1.54, 1.807) is 19.1 Å². The Labute approximate surface area is 142 Å². The molecule has 0 aliphatic carbocycles. The molecule has 0 heterocycles. The lowest BCUT2D eigenvalue weighted by atomic mass is 10.2. The Hall–Kier alpha value is -0.440. The van der Waals surface area contributed by atoms with Gasteiger partial charge in [-0.05, 0) is 40.5 Å². The summed E-state index contributed by atoms with van der Waals surface area (Å²) < 4.78 is 25.8. The number of amides is 1. The Morgan fingerprint density at radius 2 is 2.00 bits per heavy atom. The first-order valence-corrected chi connectivity index (χ1v) is 9.87. The minimum atomic E-state index is -3.17. The summed E-state index contributed by atoms with van der Waals surface area (Å²) in [6.45, 7) is 3.04. The molecule has 0 aliphatic rings. The maximum atomic E-state index is 12.0. The molecule has 0 atom stereocenters. The third-order valence-electron chi connectivity index (χ3n) is 2.86. The number of carbonyl (C=O) groups is 1. The van der Waals surface area contributed by atoms with Gasteiger partial charge in [0.15, 0.2) is 0 Å². The van der Waals surface area contributed by atoms with Crippen molar-refractivity contribution in [2.75, 3.05) is 25.9 Å². The molecule has 5 nitrogen and oxygen atoms in total. The van der Waals surface area contributed by atoms with Crippen LogP contribution < -0.4 is 5.32 Å². The molecule has 1 aromatic carbocycles. The lowest BCUT2D eigenvalue weighted by molar-refractivity contribution is 0.0952. The number of hydrogen-bond donors (Lipinski definition) is 1. The van der Waals surface area contributed by atoms with E-state index in [1.807, 2.05) is 6.07 Å². The van der Waals surface area contributed by atoms with E-state index in [1.165, 1.54) is 10.6 Å². The number of hydrogen-bond acceptors (Lipinski definition) is 3. The summed E-state index contributed by atoms with van der Waals surface area (Å²) in [5.74, 6) is -0.189. The molecule has 118 valence electrons. The fraction of sp³-hybridized carbons (Fsp3) is 0.462. The van der Waals surface area contributed by atoms with Crippen molar-refractivity contribution in [3.05, 3.63) is 32.7 Å². The van der Waals surface area contributed by atoms with Crippen LogP contribution in [0.4, 0.5) is 0 Å². The minimum absolute atomic E-state index is 0.189. The maximum absolute atomic E-state index is 12.0. The highest BCUT2D eigenvalue weighted by Crippen LogP contribution is 2.21. The summed E-state index contributed by atoms with van der Waals surface area (Å²) in [5, 5.41) is 2.79. The summed E-state index contributed by atoms with van der Waals surface area (Å²) in [6.07, 6.45) is 1.76. The van der Waals surface area contributed by atoms with E-state index < -0.39 is 10.0 Å². The predicted molar refractivity (Wildman–Crippen MR) is 90.9 cm³/mol. The van der Waals surface area contributed by atoms with Crippen LogP contribution in [0.5, 0.6) is 0 Å². The SMILES string of the molecule is CCN(CCCNC(=O)c1cc(Br)ccc1Br)S(C)(=O)=O. The minimum Gasteiger partial charge on any atom is -0.352 e. The van der Waals surface area contributed by atoms with Crippen LogP contribution in [-0.4, -0.2) is 44.5 Å². The summed E-state index contributed by atoms with van der Waals surface area (Å²) in [7, 11) is -3.17. The molecule has 21 heavy (non-hydrogen) atoms. The van der Waals surface area contributed by atoms with Crippen LogP contribution in [0.3, 0.4) is 0 Å². The normalized spacial score (nSPS) is 11.7. The fourth-order valence-electron chi connectivity index (χ4n) is 1.78. The van der Waals surface area contributed by atoms with Crippen molar-refractivity contribution in [3.8, 4) is 0 Å². The number of rotatable bonds is 7. The molecule has 0 saturated carbocycles. The molecule has 0 aromatic heterocycles. The van der Waals surface area contributed by atoms with E-state index in [0.717, 1.165) is 8.95 Å². The number of nitrogens with one attached hydrogen (secondary N) is 1. The smallest absolute Gasteiger partial charge is 0.252 e. The molecule has 8 heteroatoms. The third kappa shape index (κ3) is 6.06. The highest BCUT2D eigenvalue weighted by Gasteiger charge is 2.14. The highest BCUT2D eigenvalue weighted by atomic mass is 79.9. The Morgan fingerprint density at radius 3 is 2.57 bits per heavy atom. The molecular weight excluding hydrogens is 424 g/mol. The van der Waals surface area contributed by atoms with E-state index in [-0.39, 0.29) is 5.91 Å². The van der Waals surface area contributed by atoms with E-state index in [2.05, 4.69) is 37.2 Å². The van der Waals surface area contributed by atoms with Gasteiger partial charge in [0.1, 0.15) is 0 Å². The Morgan fingerprint density at radius 1 is 1.33 bits per heavy atom. The van der Waals surface area contributed by atoms with Crippen LogP contribution in [-0.2, 0) is 10.0 Å². The Bertz CT molecular complexity index is 605.